The molecule has 1 rings (SSSR count). The molecule has 3 N–H and O–H groups in total. The molecule has 8 heteroatoms. The molecule has 0 spiro atoms. The monoisotopic (exact) mass is 260 g/mol. The summed E-state index contributed by atoms with van der Waals surface area (Å²) in [4.78, 5) is 38.8. The Hall–Kier alpha value is -1.67. The smallest absolute Gasteiger partial charge is 0.328 e. The summed E-state index contributed by atoms with van der Waals surface area (Å²) in [5.74, 6) is -2.41. The Morgan fingerprint density at radius 1 is 1.61 bits per heavy atom. The Bertz CT molecular complexity index is 358. The molecule has 1 aliphatic rings. The van der Waals surface area contributed by atoms with Crippen molar-refractivity contribution in [2.24, 2.45) is 0 Å². The minimum absolute atomic E-state index is 0.159. The van der Waals surface area contributed by atoms with Gasteiger partial charge in [-0.05, 0) is 6.92 Å². The standard InChI is InChI=1S/C10H16N2O6/c1-3-7(14)11-8-6(13)4-18-12(9(8)15)5(2)10(16)17/h5-6,8,13H,3-4H2,1-2H3,(H,11,14)(H,16,17)/t5-,6+,8-/m1/s1. The molecule has 1 fully saturated rings. The number of carbonyl (C=O) groups excluding carboxylic acids is 2. The summed E-state index contributed by atoms with van der Waals surface area (Å²) in [6, 6.07) is -2.36. The van der Waals surface area contributed by atoms with E-state index < -0.39 is 36.0 Å². The van der Waals surface area contributed by atoms with Crippen LogP contribution in [0.25, 0.3) is 0 Å². The Morgan fingerprint density at radius 3 is 2.72 bits per heavy atom. The van der Waals surface area contributed by atoms with E-state index in [1.165, 1.54) is 6.92 Å². The van der Waals surface area contributed by atoms with Crippen molar-refractivity contribution in [2.75, 3.05) is 6.61 Å². The number of hydrogen-bond donors (Lipinski definition) is 3. The van der Waals surface area contributed by atoms with E-state index in [9.17, 15) is 19.5 Å². The van der Waals surface area contributed by atoms with Gasteiger partial charge in [-0.25, -0.2) is 9.86 Å². The largest absolute Gasteiger partial charge is 0.480 e. The van der Waals surface area contributed by atoms with Crippen molar-refractivity contribution in [1.82, 2.24) is 10.4 Å². The third-order valence-electron chi connectivity index (χ3n) is 2.60. The molecule has 0 aromatic rings. The predicted octanol–water partition coefficient (Wildman–Crippen LogP) is -1.51. The average Bonchev–Trinajstić information content (AvgIpc) is 2.33. The van der Waals surface area contributed by atoms with Crippen LogP contribution in [0.15, 0.2) is 0 Å². The van der Waals surface area contributed by atoms with E-state index in [4.69, 9.17) is 9.94 Å². The molecule has 3 atom stereocenters. The SMILES string of the molecule is CCC(=O)N[C@H]1C(=O)N([C@H](C)C(=O)O)OC[C@@H]1O. The second-order valence-corrected chi connectivity index (χ2v) is 3.94. The van der Waals surface area contributed by atoms with Gasteiger partial charge in [0.2, 0.25) is 5.91 Å². The fourth-order valence-electron chi connectivity index (χ4n) is 1.45. The number of carboxylic acids is 1. The normalized spacial score (nSPS) is 25.7. The van der Waals surface area contributed by atoms with Crippen LogP contribution in [0.3, 0.4) is 0 Å². The zero-order valence-electron chi connectivity index (χ0n) is 10.1. The van der Waals surface area contributed by atoms with Gasteiger partial charge < -0.3 is 15.5 Å². The van der Waals surface area contributed by atoms with Crippen LogP contribution in [0.2, 0.25) is 0 Å². The number of hydroxylamine groups is 2. The van der Waals surface area contributed by atoms with E-state index in [0.29, 0.717) is 5.06 Å². The zero-order chi connectivity index (χ0) is 13.9. The molecule has 18 heavy (non-hydrogen) atoms. The van der Waals surface area contributed by atoms with Gasteiger partial charge in [0.15, 0.2) is 6.04 Å². The van der Waals surface area contributed by atoms with Crippen molar-refractivity contribution in [2.45, 2.75) is 38.5 Å². The average molecular weight is 260 g/mol. The highest BCUT2D eigenvalue weighted by Crippen LogP contribution is 2.13. The van der Waals surface area contributed by atoms with Gasteiger partial charge in [0.05, 0.1) is 0 Å². The van der Waals surface area contributed by atoms with Crippen molar-refractivity contribution in [3.63, 3.8) is 0 Å². The lowest BCUT2D eigenvalue weighted by Gasteiger charge is -2.36. The third-order valence-corrected chi connectivity index (χ3v) is 2.60. The zero-order valence-corrected chi connectivity index (χ0v) is 10.1. The van der Waals surface area contributed by atoms with Gasteiger partial charge in [0.25, 0.3) is 5.91 Å². The van der Waals surface area contributed by atoms with Gasteiger partial charge in [-0.1, -0.05) is 6.92 Å². The van der Waals surface area contributed by atoms with E-state index >= 15 is 0 Å². The molecular formula is C10H16N2O6. The molecule has 8 nitrogen and oxygen atoms in total. The van der Waals surface area contributed by atoms with Crippen LogP contribution in [0.1, 0.15) is 20.3 Å². The van der Waals surface area contributed by atoms with Crippen molar-refractivity contribution in [1.29, 1.82) is 0 Å². The summed E-state index contributed by atoms with van der Waals surface area (Å²) < 4.78 is 0. The van der Waals surface area contributed by atoms with Gasteiger partial charge >= 0.3 is 5.97 Å². The fraction of sp³-hybridized carbons (Fsp3) is 0.700. The van der Waals surface area contributed by atoms with Gasteiger partial charge in [-0.15, -0.1) is 0 Å². The number of nitrogens with one attached hydrogen (secondary N) is 1. The van der Waals surface area contributed by atoms with E-state index in [0.717, 1.165) is 0 Å². The van der Waals surface area contributed by atoms with Crippen molar-refractivity contribution in [3.05, 3.63) is 0 Å². The summed E-state index contributed by atoms with van der Waals surface area (Å²) in [6.07, 6.45) is -1.03. The maximum atomic E-state index is 11.9. The first-order chi connectivity index (χ1) is 8.38. The van der Waals surface area contributed by atoms with Gasteiger partial charge in [-0.2, -0.15) is 0 Å². The second kappa shape index (κ2) is 5.78. The van der Waals surface area contributed by atoms with Crippen LogP contribution >= 0.6 is 0 Å². The molecule has 0 saturated carbocycles. The predicted molar refractivity (Wildman–Crippen MR) is 58.1 cm³/mol. The second-order valence-electron chi connectivity index (χ2n) is 3.94. The van der Waals surface area contributed by atoms with E-state index in [1.807, 2.05) is 0 Å². The fourth-order valence-corrected chi connectivity index (χ4v) is 1.45. The summed E-state index contributed by atoms with van der Waals surface area (Å²) in [5, 5.41) is 21.4. The number of hydrogen-bond acceptors (Lipinski definition) is 5. The first kappa shape index (κ1) is 14.4. The quantitative estimate of drug-likeness (QED) is 0.566. The van der Waals surface area contributed by atoms with Crippen molar-refractivity contribution in [3.8, 4) is 0 Å². The lowest BCUT2D eigenvalue weighted by molar-refractivity contribution is -0.233. The highest BCUT2D eigenvalue weighted by Gasteiger charge is 2.41. The molecule has 2 amide bonds. The van der Waals surface area contributed by atoms with Crippen LogP contribution in [0, 0.1) is 0 Å². The molecule has 102 valence electrons. The molecule has 1 heterocycles. The number of carbonyl (C=O) groups is 3. The maximum Gasteiger partial charge on any atom is 0.328 e. The van der Waals surface area contributed by atoms with Crippen LogP contribution in [-0.2, 0) is 19.2 Å². The summed E-state index contributed by atoms with van der Waals surface area (Å²) >= 11 is 0. The van der Waals surface area contributed by atoms with E-state index in [2.05, 4.69) is 5.32 Å². The van der Waals surface area contributed by atoms with E-state index in [1.54, 1.807) is 6.92 Å². The number of rotatable bonds is 4. The highest BCUT2D eigenvalue weighted by atomic mass is 16.7. The van der Waals surface area contributed by atoms with E-state index in [-0.39, 0.29) is 13.0 Å². The summed E-state index contributed by atoms with van der Waals surface area (Å²) in [5.41, 5.74) is 0. The molecule has 0 bridgehead atoms. The molecule has 0 aromatic carbocycles. The number of aliphatic hydroxyl groups is 1. The summed E-state index contributed by atoms with van der Waals surface area (Å²) in [7, 11) is 0. The van der Waals surface area contributed by atoms with Crippen LogP contribution in [0.4, 0.5) is 0 Å². The molecule has 1 saturated heterocycles. The lowest BCUT2D eigenvalue weighted by Crippen LogP contribution is -2.62. The lowest BCUT2D eigenvalue weighted by atomic mass is 10.1. The molecule has 0 aliphatic carbocycles. The molecule has 0 unspecified atom stereocenters. The number of carboxylic acid groups (broad SMARTS) is 1. The van der Waals surface area contributed by atoms with Crippen molar-refractivity contribution >= 4 is 17.8 Å². The number of nitrogens with zero attached hydrogens (tertiary/aromatic N) is 1. The first-order valence-electron chi connectivity index (χ1n) is 5.54. The summed E-state index contributed by atoms with van der Waals surface area (Å²) in [6.45, 7) is 2.62. The minimum Gasteiger partial charge on any atom is -0.480 e. The Morgan fingerprint density at radius 2 is 2.22 bits per heavy atom. The Labute approximate surface area is 103 Å². The molecule has 0 radical (unpaired) electrons. The minimum atomic E-state index is -1.24. The van der Waals surface area contributed by atoms with Gasteiger partial charge in [0.1, 0.15) is 18.8 Å². The Kier molecular flexibility index (Phi) is 4.62. The first-order valence-corrected chi connectivity index (χ1v) is 5.54. The molecule has 0 aromatic heterocycles. The topological polar surface area (TPSA) is 116 Å². The molecule has 1 aliphatic heterocycles. The van der Waals surface area contributed by atoms with Gasteiger partial charge in [0, 0.05) is 6.42 Å². The Balaban J connectivity index is 2.80. The number of aliphatic carboxylic acids is 1. The van der Waals surface area contributed by atoms with Crippen LogP contribution < -0.4 is 5.32 Å². The van der Waals surface area contributed by atoms with Gasteiger partial charge in [-0.3, -0.25) is 14.4 Å². The molecular weight excluding hydrogens is 244 g/mol. The third kappa shape index (κ3) is 2.96. The van der Waals surface area contributed by atoms with Crippen LogP contribution in [0.5, 0.6) is 0 Å². The maximum absolute atomic E-state index is 11.9. The highest BCUT2D eigenvalue weighted by molar-refractivity contribution is 5.90. The number of amides is 2. The van der Waals surface area contributed by atoms with Crippen LogP contribution in [-0.4, -0.2) is 57.9 Å². The number of aliphatic hydroxyl groups excluding tert-OH is 1. The van der Waals surface area contributed by atoms with Crippen molar-refractivity contribution < 1.29 is 29.4 Å².